The number of ether oxygens (including phenoxy) is 2. The first-order chi connectivity index (χ1) is 9.67. The molecule has 0 bridgehead atoms. The van der Waals surface area contributed by atoms with Gasteiger partial charge in [0.2, 0.25) is 5.91 Å². The average Bonchev–Trinajstić information content (AvgIpc) is 2.43. The zero-order chi connectivity index (χ0) is 14.8. The third kappa shape index (κ3) is 8.12. The number of anilines is 1. The second-order valence-corrected chi connectivity index (χ2v) is 4.64. The SMILES string of the molecule is CCCOc1ccc(Cl)cc1NC(=O)CNCCOC.Cl. The molecule has 0 aliphatic rings. The highest BCUT2D eigenvalue weighted by molar-refractivity contribution is 6.31. The number of rotatable bonds is 9. The number of hydrogen-bond donors (Lipinski definition) is 2. The molecule has 1 aromatic rings. The molecule has 0 heterocycles. The summed E-state index contributed by atoms with van der Waals surface area (Å²) in [5, 5.41) is 6.31. The van der Waals surface area contributed by atoms with E-state index in [1.54, 1.807) is 25.3 Å². The normalized spacial score (nSPS) is 9.86. The predicted molar refractivity (Wildman–Crippen MR) is 87.9 cm³/mol. The Morgan fingerprint density at radius 3 is 2.76 bits per heavy atom. The molecule has 0 radical (unpaired) electrons. The third-order valence-corrected chi connectivity index (χ3v) is 2.68. The summed E-state index contributed by atoms with van der Waals surface area (Å²) in [6.07, 6.45) is 0.897. The maximum Gasteiger partial charge on any atom is 0.238 e. The van der Waals surface area contributed by atoms with Gasteiger partial charge in [0.1, 0.15) is 5.75 Å². The van der Waals surface area contributed by atoms with Crippen LogP contribution in [-0.2, 0) is 9.53 Å². The highest BCUT2D eigenvalue weighted by atomic mass is 35.5. The van der Waals surface area contributed by atoms with Gasteiger partial charge in [-0.15, -0.1) is 12.4 Å². The number of nitrogens with one attached hydrogen (secondary N) is 2. The van der Waals surface area contributed by atoms with Crippen molar-refractivity contribution in [2.75, 3.05) is 38.7 Å². The van der Waals surface area contributed by atoms with Crippen LogP contribution in [-0.4, -0.2) is 39.3 Å². The van der Waals surface area contributed by atoms with Gasteiger partial charge in [-0.05, 0) is 24.6 Å². The summed E-state index contributed by atoms with van der Waals surface area (Å²) in [6, 6.07) is 5.17. The van der Waals surface area contributed by atoms with Gasteiger partial charge in [0, 0.05) is 18.7 Å². The van der Waals surface area contributed by atoms with E-state index in [9.17, 15) is 4.79 Å². The summed E-state index contributed by atoms with van der Waals surface area (Å²) >= 11 is 5.94. The summed E-state index contributed by atoms with van der Waals surface area (Å²) in [6.45, 7) is 4.02. The summed E-state index contributed by atoms with van der Waals surface area (Å²) in [5.74, 6) is 0.478. The van der Waals surface area contributed by atoms with Gasteiger partial charge in [0.05, 0.1) is 25.4 Å². The maximum absolute atomic E-state index is 11.8. The van der Waals surface area contributed by atoms with Crippen LogP contribution in [0, 0.1) is 0 Å². The van der Waals surface area contributed by atoms with Crippen molar-refractivity contribution in [1.29, 1.82) is 0 Å². The van der Waals surface area contributed by atoms with Crippen LogP contribution >= 0.6 is 24.0 Å². The van der Waals surface area contributed by atoms with E-state index in [1.807, 2.05) is 6.92 Å². The van der Waals surface area contributed by atoms with Gasteiger partial charge in [-0.3, -0.25) is 4.79 Å². The molecule has 1 aromatic carbocycles. The Balaban J connectivity index is 0.00000400. The molecule has 0 aliphatic heterocycles. The first-order valence-corrected chi connectivity index (χ1v) is 6.97. The lowest BCUT2D eigenvalue weighted by Crippen LogP contribution is -2.30. The van der Waals surface area contributed by atoms with Gasteiger partial charge in [-0.25, -0.2) is 0 Å². The van der Waals surface area contributed by atoms with E-state index >= 15 is 0 Å². The topological polar surface area (TPSA) is 59.6 Å². The number of hydrogen-bond acceptors (Lipinski definition) is 4. The molecule has 0 atom stereocenters. The van der Waals surface area contributed by atoms with Crippen molar-refractivity contribution in [3.8, 4) is 5.75 Å². The Bertz CT molecular complexity index is 431. The number of methoxy groups -OCH3 is 1. The van der Waals surface area contributed by atoms with E-state index in [0.29, 0.717) is 36.2 Å². The fourth-order valence-electron chi connectivity index (χ4n) is 1.51. The molecule has 0 fully saturated rings. The second-order valence-electron chi connectivity index (χ2n) is 4.21. The minimum atomic E-state index is -0.148. The Morgan fingerprint density at radius 2 is 2.10 bits per heavy atom. The molecule has 1 amide bonds. The van der Waals surface area contributed by atoms with Crippen LogP contribution in [0.4, 0.5) is 5.69 Å². The molecule has 5 nitrogen and oxygen atoms in total. The average molecular weight is 337 g/mol. The minimum absolute atomic E-state index is 0. The van der Waals surface area contributed by atoms with E-state index in [4.69, 9.17) is 21.1 Å². The molecule has 120 valence electrons. The van der Waals surface area contributed by atoms with Crippen molar-refractivity contribution in [1.82, 2.24) is 5.32 Å². The van der Waals surface area contributed by atoms with Gasteiger partial charge >= 0.3 is 0 Å². The lowest BCUT2D eigenvalue weighted by molar-refractivity contribution is -0.115. The van der Waals surface area contributed by atoms with Crippen LogP contribution in [0.1, 0.15) is 13.3 Å². The van der Waals surface area contributed by atoms with Crippen molar-refractivity contribution in [3.63, 3.8) is 0 Å². The zero-order valence-corrected chi connectivity index (χ0v) is 13.9. The van der Waals surface area contributed by atoms with Gasteiger partial charge in [-0.1, -0.05) is 18.5 Å². The van der Waals surface area contributed by atoms with Crippen molar-refractivity contribution in [2.24, 2.45) is 0 Å². The van der Waals surface area contributed by atoms with Crippen LogP contribution in [0.3, 0.4) is 0 Å². The highest BCUT2D eigenvalue weighted by Crippen LogP contribution is 2.28. The maximum atomic E-state index is 11.8. The van der Waals surface area contributed by atoms with Crippen molar-refractivity contribution < 1.29 is 14.3 Å². The van der Waals surface area contributed by atoms with Gasteiger partial charge in [-0.2, -0.15) is 0 Å². The smallest absolute Gasteiger partial charge is 0.238 e. The van der Waals surface area contributed by atoms with Crippen LogP contribution in [0.25, 0.3) is 0 Å². The van der Waals surface area contributed by atoms with E-state index < -0.39 is 0 Å². The standard InChI is InChI=1S/C14H21ClN2O3.ClH/c1-3-7-20-13-5-4-11(15)9-12(13)17-14(18)10-16-6-8-19-2;/h4-5,9,16H,3,6-8,10H2,1-2H3,(H,17,18);1H. The summed E-state index contributed by atoms with van der Waals surface area (Å²) in [5.41, 5.74) is 0.587. The molecule has 0 aromatic heterocycles. The van der Waals surface area contributed by atoms with E-state index in [-0.39, 0.29) is 24.9 Å². The Hall–Kier alpha value is -1.01. The number of carbonyl (C=O) groups is 1. The van der Waals surface area contributed by atoms with Crippen molar-refractivity contribution >= 4 is 35.6 Å². The Kier molecular flexibility index (Phi) is 11.1. The van der Waals surface area contributed by atoms with Gasteiger partial charge in [0.25, 0.3) is 0 Å². The van der Waals surface area contributed by atoms with Crippen molar-refractivity contribution in [2.45, 2.75) is 13.3 Å². The highest BCUT2D eigenvalue weighted by Gasteiger charge is 2.08. The number of benzene rings is 1. The van der Waals surface area contributed by atoms with Crippen LogP contribution in [0.2, 0.25) is 5.02 Å². The van der Waals surface area contributed by atoms with Gasteiger partial charge in [0.15, 0.2) is 0 Å². The summed E-state index contributed by atoms with van der Waals surface area (Å²) in [4.78, 5) is 11.8. The molecule has 1 rings (SSSR count). The third-order valence-electron chi connectivity index (χ3n) is 2.45. The number of carbonyl (C=O) groups excluding carboxylic acids is 1. The lowest BCUT2D eigenvalue weighted by atomic mass is 10.3. The zero-order valence-electron chi connectivity index (χ0n) is 12.3. The number of amides is 1. The fourth-order valence-corrected chi connectivity index (χ4v) is 1.68. The molecule has 0 saturated carbocycles. The first-order valence-electron chi connectivity index (χ1n) is 6.59. The molecule has 0 aliphatic carbocycles. The van der Waals surface area contributed by atoms with Gasteiger partial charge < -0.3 is 20.1 Å². The lowest BCUT2D eigenvalue weighted by Gasteiger charge is -2.12. The first kappa shape index (κ1) is 20.0. The molecule has 0 saturated heterocycles. The van der Waals surface area contributed by atoms with E-state index in [0.717, 1.165) is 6.42 Å². The Labute approximate surface area is 136 Å². The quantitative estimate of drug-likeness (QED) is 0.680. The van der Waals surface area contributed by atoms with E-state index in [1.165, 1.54) is 0 Å². The summed E-state index contributed by atoms with van der Waals surface area (Å²) < 4.78 is 10.5. The molecule has 21 heavy (non-hydrogen) atoms. The second kappa shape index (κ2) is 11.6. The van der Waals surface area contributed by atoms with Crippen LogP contribution < -0.4 is 15.4 Å². The molecule has 0 spiro atoms. The largest absolute Gasteiger partial charge is 0.491 e. The van der Waals surface area contributed by atoms with Crippen LogP contribution in [0.15, 0.2) is 18.2 Å². The monoisotopic (exact) mass is 336 g/mol. The molecular formula is C14H22Cl2N2O3. The number of halogens is 2. The molecule has 7 heteroatoms. The van der Waals surface area contributed by atoms with E-state index in [2.05, 4.69) is 10.6 Å². The van der Waals surface area contributed by atoms with Crippen molar-refractivity contribution in [3.05, 3.63) is 23.2 Å². The minimum Gasteiger partial charge on any atom is -0.491 e. The predicted octanol–water partition coefficient (Wildman–Crippen LogP) is 2.73. The molecule has 2 N–H and O–H groups in total. The molecular weight excluding hydrogens is 315 g/mol. The van der Waals surface area contributed by atoms with Crippen LogP contribution in [0.5, 0.6) is 5.75 Å². The molecule has 0 unspecified atom stereocenters. The fraction of sp³-hybridized carbons (Fsp3) is 0.500. The summed E-state index contributed by atoms with van der Waals surface area (Å²) in [7, 11) is 1.62. The Morgan fingerprint density at radius 1 is 1.33 bits per heavy atom.